The number of halogens is 1. The number of nitrogens with one attached hydrogen (secondary N) is 1. The molecule has 0 atom stereocenters. The van der Waals surface area contributed by atoms with Crippen LogP contribution in [0.4, 0.5) is 0 Å². The third-order valence-corrected chi connectivity index (χ3v) is 3.96. The molecule has 3 rings (SSSR count). The van der Waals surface area contributed by atoms with E-state index in [-0.39, 0.29) is 18.1 Å². The standard InChI is InChI=1S/C12H15BrN2O2/c13-8-5-10(15(6-8)9-1-2-9)11(17)14-12(7-16)3-4-12/h5-6,9,16H,1-4,7H2,(H,14,17). The van der Waals surface area contributed by atoms with Gasteiger partial charge in [-0.2, -0.15) is 0 Å². The topological polar surface area (TPSA) is 54.3 Å². The highest BCUT2D eigenvalue weighted by Gasteiger charge is 2.44. The van der Waals surface area contributed by atoms with Gasteiger partial charge in [0.05, 0.1) is 12.1 Å². The van der Waals surface area contributed by atoms with Crippen molar-refractivity contribution in [2.24, 2.45) is 0 Å². The van der Waals surface area contributed by atoms with Gasteiger partial charge in [0.1, 0.15) is 5.69 Å². The number of rotatable bonds is 4. The SMILES string of the molecule is O=C(NC1(CO)CC1)c1cc(Br)cn1C1CC1. The first-order valence-corrected chi connectivity index (χ1v) is 6.74. The summed E-state index contributed by atoms with van der Waals surface area (Å²) in [7, 11) is 0. The van der Waals surface area contributed by atoms with Crippen LogP contribution >= 0.6 is 15.9 Å². The smallest absolute Gasteiger partial charge is 0.268 e. The van der Waals surface area contributed by atoms with Crippen LogP contribution in [0, 0.1) is 0 Å². The van der Waals surface area contributed by atoms with Gasteiger partial charge in [-0.05, 0) is 47.7 Å². The largest absolute Gasteiger partial charge is 0.394 e. The van der Waals surface area contributed by atoms with Gasteiger partial charge in [0.25, 0.3) is 5.91 Å². The Morgan fingerprint density at radius 3 is 2.82 bits per heavy atom. The molecule has 2 aliphatic rings. The molecule has 0 aliphatic heterocycles. The lowest BCUT2D eigenvalue weighted by atomic mass is 10.2. The lowest BCUT2D eigenvalue weighted by molar-refractivity contribution is 0.0897. The van der Waals surface area contributed by atoms with Gasteiger partial charge in [0.15, 0.2) is 0 Å². The molecule has 2 saturated carbocycles. The molecule has 0 aromatic carbocycles. The second kappa shape index (κ2) is 3.85. The highest BCUT2D eigenvalue weighted by molar-refractivity contribution is 9.10. The first-order chi connectivity index (χ1) is 8.13. The average Bonchev–Trinajstić information content (AvgIpc) is 3.20. The van der Waals surface area contributed by atoms with Gasteiger partial charge >= 0.3 is 0 Å². The Hall–Kier alpha value is -0.810. The van der Waals surface area contributed by atoms with Crippen molar-refractivity contribution < 1.29 is 9.90 Å². The van der Waals surface area contributed by atoms with E-state index in [1.807, 2.05) is 16.8 Å². The van der Waals surface area contributed by atoms with Crippen molar-refractivity contribution in [3.8, 4) is 0 Å². The average molecular weight is 299 g/mol. The molecule has 0 unspecified atom stereocenters. The van der Waals surface area contributed by atoms with Gasteiger partial charge in [0.2, 0.25) is 0 Å². The summed E-state index contributed by atoms with van der Waals surface area (Å²) in [5.41, 5.74) is 0.349. The molecule has 92 valence electrons. The summed E-state index contributed by atoms with van der Waals surface area (Å²) >= 11 is 3.41. The third kappa shape index (κ3) is 2.13. The van der Waals surface area contributed by atoms with E-state index < -0.39 is 0 Å². The van der Waals surface area contributed by atoms with Crippen molar-refractivity contribution in [1.82, 2.24) is 9.88 Å². The van der Waals surface area contributed by atoms with E-state index in [1.54, 1.807) is 0 Å². The zero-order valence-corrected chi connectivity index (χ0v) is 11.0. The number of amides is 1. The summed E-state index contributed by atoms with van der Waals surface area (Å²) in [6.45, 7) is 0.0318. The second-order valence-electron chi connectivity index (χ2n) is 5.07. The summed E-state index contributed by atoms with van der Waals surface area (Å²) in [4.78, 5) is 12.2. The van der Waals surface area contributed by atoms with Gasteiger partial charge in [-0.25, -0.2) is 0 Å². The minimum Gasteiger partial charge on any atom is -0.394 e. The maximum Gasteiger partial charge on any atom is 0.268 e. The second-order valence-corrected chi connectivity index (χ2v) is 5.99. The Bertz CT molecular complexity index is 461. The van der Waals surface area contributed by atoms with Crippen LogP contribution in [0.5, 0.6) is 0 Å². The Morgan fingerprint density at radius 1 is 1.59 bits per heavy atom. The Balaban J connectivity index is 1.80. The van der Waals surface area contributed by atoms with Crippen LogP contribution < -0.4 is 5.32 Å². The van der Waals surface area contributed by atoms with Crippen LogP contribution in [0.3, 0.4) is 0 Å². The number of hydrogen-bond donors (Lipinski definition) is 2. The van der Waals surface area contributed by atoms with Crippen LogP contribution in [-0.2, 0) is 0 Å². The molecule has 1 heterocycles. The molecule has 1 amide bonds. The van der Waals surface area contributed by atoms with Crippen LogP contribution in [0.25, 0.3) is 0 Å². The number of aliphatic hydroxyl groups is 1. The summed E-state index contributed by atoms with van der Waals surface area (Å²) in [6, 6.07) is 2.33. The molecule has 2 N–H and O–H groups in total. The molecule has 4 nitrogen and oxygen atoms in total. The van der Waals surface area contributed by atoms with E-state index in [4.69, 9.17) is 0 Å². The molecule has 0 bridgehead atoms. The van der Waals surface area contributed by atoms with E-state index in [1.165, 1.54) is 0 Å². The van der Waals surface area contributed by atoms with Crippen molar-refractivity contribution in [3.05, 3.63) is 22.4 Å². The van der Waals surface area contributed by atoms with Crippen molar-refractivity contribution in [2.45, 2.75) is 37.3 Å². The van der Waals surface area contributed by atoms with Crippen LogP contribution in [0.2, 0.25) is 0 Å². The highest BCUT2D eigenvalue weighted by atomic mass is 79.9. The summed E-state index contributed by atoms with van der Waals surface area (Å²) in [6.07, 6.45) is 6.01. The van der Waals surface area contributed by atoms with E-state index in [2.05, 4.69) is 21.2 Å². The molecule has 1 aromatic heterocycles. The van der Waals surface area contributed by atoms with Gasteiger partial charge < -0.3 is 15.0 Å². The van der Waals surface area contributed by atoms with Crippen molar-refractivity contribution in [1.29, 1.82) is 0 Å². The lowest BCUT2D eigenvalue weighted by Crippen LogP contribution is -2.40. The number of aromatic nitrogens is 1. The molecule has 0 saturated heterocycles. The van der Waals surface area contributed by atoms with Gasteiger partial charge in [-0.3, -0.25) is 4.79 Å². The molecular formula is C12H15BrN2O2. The Labute approximate surface area is 108 Å². The fourth-order valence-electron chi connectivity index (χ4n) is 2.06. The number of hydrogen-bond acceptors (Lipinski definition) is 2. The molecule has 1 aromatic rings. The number of nitrogens with zero attached hydrogens (tertiary/aromatic N) is 1. The molecular weight excluding hydrogens is 284 g/mol. The first-order valence-electron chi connectivity index (χ1n) is 5.94. The minimum atomic E-state index is -0.345. The quantitative estimate of drug-likeness (QED) is 0.891. The Morgan fingerprint density at radius 2 is 2.29 bits per heavy atom. The molecule has 5 heteroatoms. The number of carbonyl (C=O) groups is 1. The fourth-order valence-corrected chi connectivity index (χ4v) is 2.50. The summed E-state index contributed by atoms with van der Waals surface area (Å²) < 4.78 is 2.97. The van der Waals surface area contributed by atoms with Crippen LogP contribution in [0.15, 0.2) is 16.7 Å². The van der Waals surface area contributed by atoms with Gasteiger partial charge in [-0.15, -0.1) is 0 Å². The number of carbonyl (C=O) groups excluding carboxylic acids is 1. The normalized spacial score (nSPS) is 21.3. The van der Waals surface area contributed by atoms with Crippen LogP contribution in [-0.4, -0.2) is 27.7 Å². The first kappa shape index (κ1) is 11.3. The molecule has 2 aliphatic carbocycles. The van der Waals surface area contributed by atoms with E-state index >= 15 is 0 Å². The Kier molecular flexibility index (Phi) is 2.56. The maximum absolute atomic E-state index is 12.2. The van der Waals surface area contributed by atoms with E-state index in [0.29, 0.717) is 11.7 Å². The van der Waals surface area contributed by atoms with Gasteiger partial charge in [0, 0.05) is 16.7 Å². The third-order valence-electron chi connectivity index (χ3n) is 3.52. The van der Waals surface area contributed by atoms with E-state index in [9.17, 15) is 9.90 Å². The van der Waals surface area contributed by atoms with Crippen molar-refractivity contribution >= 4 is 21.8 Å². The van der Waals surface area contributed by atoms with Crippen LogP contribution in [0.1, 0.15) is 42.2 Å². The van der Waals surface area contributed by atoms with Crippen molar-refractivity contribution in [3.63, 3.8) is 0 Å². The predicted octanol–water partition coefficient (Wildman–Crippen LogP) is 1.84. The molecule has 17 heavy (non-hydrogen) atoms. The minimum absolute atomic E-state index is 0.0318. The number of aliphatic hydroxyl groups excluding tert-OH is 1. The zero-order valence-electron chi connectivity index (χ0n) is 9.45. The molecule has 0 radical (unpaired) electrons. The lowest BCUT2D eigenvalue weighted by Gasteiger charge is -2.15. The summed E-state index contributed by atoms with van der Waals surface area (Å²) in [5, 5.41) is 12.2. The molecule has 0 spiro atoms. The zero-order chi connectivity index (χ0) is 12.0. The van der Waals surface area contributed by atoms with Gasteiger partial charge in [-0.1, -0.05) is 0 Å². The van der Waals surface area contributed by atoms with E-state index in [0.717, 1.165) is 30.2 Å². The molecule has 2 fully saturated rings. The maximum atomic E-state index is 12.2. The monoisotopic (exact) mass is 298 g/mol. The fraction of sp³-hybridized carbons (Fsp3) is 0.583. The predicted molar refractivity (Wildman–Crippen MR) is 66.9 cm³/mol. The highest BCUT2D eigenvalue weighted by Crippen LogP contribution is 2.38. The van der Waals surface area contributed by atoms with Crippen molar-refractivity contribution in [2.75, 3.05) is 6.61 Å². The summed E-state index contributed by atoms with van der Waals surface area (Å²) in [5.74, 6) is -0.0749.